The second kappa shape index (κ2) is 8.03. The highest BCUT2D eigenvalue weighted by Gasteiger charge is 2.51. The van der Waals surface area contributed by atoms with E-state index in [1.165, 1.54) is 0 Å². The fourth-order valence-electron chi connectivity index (χ4n) is 2.85. The van der Waals surface area contributed by atoms with E-state index in [-0.39, 0.29) is 18.2 Å². The quantitative estimate of drug-likeness (QED) is 0.714. The Bertz CT molecular complexity index is 668. The monoisotopic (exact) mass is 375 g/mol. The van der Waals surface area contributed by atoms with Crippen molar-refractivity contribution in [2.24, 2.45) is 5.92 Å². The van der Waals surface area contributed by atoms with E-state index in [0.29, 0.717) is 6.42 Å². The number of benzene rings is 1. The first-order chi connectivity index (χ1) is 12.4. The number of hydrogen-bond acceptors (Lipinski definition) is 4. The van der Waals surface area contributed by atoms with Gasteiger partial charge in [0.25, 0.3) is 0 Å². The van der Waals surface area contributed by atoms with Crippen molar-refractivity contribution >= 4 is 24.5 Å². The Morgan fingerprint density at radius 2 is 1.59 bits per heavy atom. The first kappa shape index (κ1) is 21.4. The van der Waals surface area contributed by atoms with Gasteiger partial charge in [0.2, 0.25) is 5.91 Å². The first-order valence-corrected chi connectivity index (χ1v) is 9.38. The second-order valence-electron chi connectivity index (χ2n) is 8.59. The van der Waals surface area contributed by atoms with E-state index in [9.17, 15) is 14.7 Å². The fraction of sp³-hybridized carbons (Fsp3) is 0.600. The van der Waals surface area contributed by atoms with Crippen LogP contribution < -0.4 is 10.8 Å². The molecule has 2 N–H and O–H groups in total. The highest BCUT2D eigenvalue weighted by atomic mass is 16.7. The largest absolute Gasteiger partial charge is 0.494 e. The van der Waals surface area contributed by atoms with Crippen LogP contribution in [-0.2, 0) is 25.3 Å². The molecular formula is C20H30BNO5. The van der Waals surface area contributed by atoms with Gasteiger partial charge in [0.1, 0.15) is 6.04 Å². The number of carboxylic acid groups (broad SMARTS) is 1. The molecular weight excluding hydrogens is 345 g/mol. The smallest absolute Gasteiger partial charge is 0.480 e. The lowest BCUT2D eigenvalue weighted by Gasteiger charge is -2.32. The van der Waals surface area contributed by atoms with Crippen molar-refractivity contribution < 1.29 is 24.0 Å². The molecule has 0 spiro atoms. The molecule has 7 heteroatoms. The third-order valence-electron chi connectivity index (χ3n) is 5.17. The maximum Gasteiger partial charge on any atom is 0.494 e. The van der Waals surface area contributed by atoms with Gasteiger partial charge in [-0.05, 0) is 44.6 Å². The van der Waals surface area contributed by atoms with Crippen molar-refractivity contribution in [1.29, 1.82) is 0 Å². The Balaban J connectivity index is 2.04. The zero-order chi connectivity index (χ0) is 20.4. The molecule has 0 saturated carbocycles. The van der Waals surface area contributed by atoms with Gasteiger partial charge < -0.3 is 19.7 Å². The van der Waals surface area contributed by atoms with Crippen molar-refractivity contribution in [1.82, 2.24) is 5.32 Å². The molecule has 1 aliphatic rings. The summed E-state index contributed by atoms with van der Waals surface area (Å²) in [7, 11) is -0.454. The maximum absolute atomic E-state index is 11.9. The highest BCUT2D eigenvalue weighted by Crippen LogP contribution is 2.36. The zero-order valence-electron chi connectivity index (χ0n) is 17.0. The molecule has 2 rings (SSSR count). The number of rotatable bonds is 7. The van der Waals surface area contributed by atoms with Crippen molar-refractivity contribution in [3.05, 3.63) is 29.8 Å². The van der Waals surface area contributed by atoms with Gasteiger partial charge in [-0.15, -0.1) is 0 Å². The first-order valence-electron chi connectivity index (χ1n) is 9.38. The predicted molar refractivity (Wildman–Crippen MR) is 105 cm³/mol. The van der Waals surface area contributed by atoms with Crippen LogP contribution in [0.25, 0.3) is 0 Å². The minimum Gasteiger partial charge on any atom is -0.480 e. The molecule has 27 heavy (non-hydrogen) atoms. The van der Waals surface area contributed by atoms with Gasteiger partial charge in [-0.2, -0.15) is 0 Å². The summed E-state index contributed by atoms with van der Waals surface area (Å²) in [5, 5.41) is 12.0. The van der Waals surface area contributed by atoms with Gasteiger partial charge in [-0.3, -0.25) is 4.79 Å². The van der Waals surface area contributed by atoms with Crippen LogP contribution >= 0.6 is 0 Å². The number of carbonyl (C=O) groups is 2. The predicted octanol–water partition coefficient (Wildman–Crippen LogP) is 2.14. The van der Waals surface area contributed by atoms with E-state index >= 15 is 0 Å². The summed E-state index contributed by atoms with van der Waals surface area (Å²) in [6, 6.07) is 6.52. The Morgan fingerprint density at radius 3 is 2.04 bits per heavy atom. The Hall–Kier alpha value is -1.86. The summed E-state index contributed by atoms with van der Waals surface area (Å²) in [4.78, 5) is 23.4. The molecule has 1 aromatic carbocycles. The van der Waals surface area contributed by atoms with Gasteiger partial charge in [0, 0.05) is 12.8 Å². The number of amides is 1. The molecule has 1 amide bonds. The minimum atomic E-state index is -1.04. The lowest BCUT2D eigenvalue weighted by Crippen LogP contribution is -2.42. The van der Waals surface area contributed by atoms with Crippen LogP contribution in [-0.4, -0.2) is 41.3 Å². The van der Waals surface area contributed by atoms with Crippen LogP contribution in [0.4, 0.5) is 0 Å². The molecule has 1 aromatic rings. The van der Waals surface area contributed by atoms with Gasteiger partial charge in [-0.25, -0.2) is 4.79 Å². The molecule has 0 aromatic heterocycles. The van der Waals surface area contributed by atoms with Crippen LogP contribution in [0.1, 0.15) is 53.5 Å². The molecule has 1 fully saturated rings. The minimum absolute atomic E-state index is 0.179. The number of nitrogens with one attached hydrogen (secondary N) is 1. The van der Waals surface area contributed by atoms with E-state index in [0.717, 1.165) is 11.0 Å². The van der Waals surface area contributed by atoms with E-state index in [4.69, 9.17) is 9.31 Å². The SMILES string of the molecule is CC(C)CC(=O)N[C@@H](Cc1ccc(B2OC(C)(C)C(C)(C)O2)cc1)C(=O)O. The third-order valence-corrected chi connectivity index (χ3v) is 5.17. The standard InChI is InChI=1S/C20H30BNO5/c1-13(2)11-17(23)22-16(18(24)25)12-14-7-9-15(10-8-14)21-26-19(3,4)20(5,6)27-21/h7-10,13,16H,11-12H2,1-6H3,(H,22,23)(H,24,25)/t16-/m0/s1. The summed E-state index contributed by atoms with van der Waals surface area (Å²) in [6.07, 6.45) is 0.535. The van der Waals surface area contributed by atoms with Crippen molar-refractivity contribution in [2.45, 2.75) is 71.6 Å². The molecule has 148 valence electrons. The molecule has 0 radical (unpaired) electrons. The third kappa shape index (κ3) is 5.33. The van der Waals surface area contributed by atoms with Crippen LogP contribution in [0.3, 0.4) is 0 Å². The Morgan fingerprint density at radius 1 is 1.07 bits per heavy atom. The number of aliphatic carboxylic acids is 1. The number of carboxylic acids is 1. The van der Waals surface area contributed by atoms with Crippen molar-refractivity contribution in [2.75, 3.05) is 0 Å². The highest BCUT2D eigenvalue weighted by molar-refractivity contribution is 6.62. The average Bonchev–Trinajstić information content (AvgIpc) is 2.74. The Kier molecular flexibility index (Phi) is 6.37. The second-order valence-corrected chi connectivity index (χ2v) is 8.59. The van der Waals surface area contributed by atoms with Gasteiger partial charge in [-0.1, -0.05) is 38.1 Å². The van der Waals surface area contributed by atoms with E-state index in [1.54, 1.807) is 0 Å². The van der Waals surface area contributed by atoms with Crippen LogP contribution in [0.2, 0.25) is 0 Å². The normalized spacial score (nSPS) is 19.1. The maximum atomic E-state index is 11.9. The van der Waals surface area contributed by atoms with Crippen LogP contribution in [0, 0.1) is 5.92 Å². The summed E-state index contributed by atoms with van der Waals surface area (Å²) in [5.41, 5.74) is 0.886. The summed E-state index contributed by atoms with van der Waals surface area (Å²) in [5.74, 6) is -1.10. The van der Waals surface area contributed by atoms with Crippen LogP contribution in [0.5, 0.6) is 0 Å². The van der Waals surface area contributed by atoms with Gasteiger partial charge in [0.05, 0.1) is 11.2 Å². The number of carbonyl (C=O) groups excluding carboxylic acids is 1. The van der Waals surface area contributed by atoms with Crippen molar-refractivity contribution in [3.63, 3.8) is 0 Å². The zero-order valence-corrected chi connectivity index (χ0v) is 17.0. The topological polar surface area (TPSA) is 84.9 Å². The van der Waals surface area contributed by atoms with Gasteiger partial charge >= 0.3 is 13.1 Å². The fourth-order valence-corrected chi connectivity index (χ4v) is 2.85. The molecule has 0 bridgehead atoms. The molecule has 1 saturated heterocycles. The van der Waals surface area contributed by atoms with Gasteiger partial charge in [0.15, 0.2) is 0 Å². The molecule has 1 aliphatic heterocycles. The molecule has 1 heterocycles. The lowest BCUT2D eigenvalue weighted by molar-refractivity contribution is -0.141. The molecule has 0 unspecified atom stereocenters. The van der Waals surface area contributed by atoms with Crippen LogP contribution in [0.15, 0.2) is 24.3 Å². The average molecular weight is 375 g/mol. The van der Waals surface area contributed by atoms with Crippen molar-refractivity contribution in [3.8, 4) is 0 Å². The summed E-state index contributed by atoms with van der Waals surface area (Å²) < 4.78 is 12.1. The summed E-state index contributed by atoms with van der Waals surface area (Å²) in [6.45, 7) is 11.8. The summed E-state index contributed by atoms with van der Waals surface area (Å²) >= 11 is 0. The Labute approximate surface area is 161 Å². The molecule has 1 atom stereocenters. The number of hydrogen-bond donors (Lipinski definition) is 2. The molecule has 0 aliphatic carbocycles. The lowest BCUT2D eigenvalue weighted by atomic mass is 9.78. The molecule has 6 nitrogen and oxygen atoms in total. The van der Waals surface area contributed by atoms with E-state index in [1.807, 2.05) is 65.8 Å². The van der Waals surface area contributed by atoms with E-state index < -0.39 is 30.3 Å². The van der Waals surface area contributed by atoms with E-state index in [2.05, 4.69) is 5.32 Å².